The maximum atomic E-state index is 11.7. The van der Waals surface area contributed by atoms with Gasteiger partial charge in [0.25, 0.3) is 5.91 Å². The van der Waals surface area contributed by atoms with E-state index in [0.29, 0.717) is 40.4 Å². The van der Waals surface area contributed by atoms with E-state index in [1.54, 1.807) is 18.2 Å². The minimum atomic E-state index is -0.621. The Morgan fingerprint density at radius 1 is 1.36 bits per heavy atom. The summed E-state index contributed by atoms with van der Waals surface area (Å²) >= 11 is 7.23. The number of aromatic nitrogens is 2. The summed E-state index contributed by atoms with van der Waals surface area (Å²) in [5, 5.41) is 1.09. The van der Waals surface area contributed by atoms with Gasteiger partial charge in [-0.3, -0.25) is 9.59 Å². The van der Waals surface area contributed by atoms with Crippen LogP contribution in [0, 0.1) is 5.92 Å². The number of hydrogen-bond acceptors (Lipinski definition) is 7. The fourth-order valence-electron chi connectivity index (χ4n) is 3.32. The minimum Gasteiger partial charge on any atom is -0.463 e. The number of ether oxygens (including phenoxy) is 1. The van der Waals surface area contributed by atoms with Crippen LogP contribution in [0.4, 0.5) is 5.69 Å². The first-order chi connectivity index (χ1) is 13.4. The third kappa shape index (κ3) is 3.53. The van der Waals surface area contributed by atoms with Crippen LogP contribution in [0.15, 0.2) is 24.3 Å². The topological polar surface area (TPSA) is 121 Å². The van der Waals surface area contributed by atoms with Crippen molar-refractivity contribution in [2.45, 2.75) is 19.3 Å². The van der Waals surface area contributed by atoms with E-state index in [9.17, 15) is 9.59 Å². The van der Waals surface area contributed by atoms with Crippen molar-refractivity contribution in [3.63, 3.8) is 0 Å². The lowest BCUT2D eigenvalue weighted by Crippen LogP contribution is -2.11. The van der Waals surface area contributed by atoms with Crippen molar-refractivity contribution in [2.75, 3.05) is 12.3 Å². The molecule has 2 heterocycles. The summed E-state index contributed by atoms with van der Waals surface area (Å²) in [4.78, 5) is 32.9. The molecule has 0 spiro atoms. The SMILES string of the molecule is NC(=O)c1sc2nc(OC[C@@H]3CCC(=O)C3)nc(-c3cccc(Cl)c3)c2c1N. The first-order valence-electron chi connectivity index (χ1n) is 8.72. The zero-order chi connectivity index (χ0) is 19.8. The molecule has 4 N–H and O–H groups in total. The van der Waals surface area contributed by atoms with E-state index in [2.05, 4.69) is 9.97 Å². The molecule has 1 amide bonds. The molecule has 1 aromatic carbocycles. The second-order valence-corrected chi connectivity index (χ2v) is 8.15. The zero-order valence-corrected chi connectivity index (χ0v) is 16.3. The van der Waals surface area contributed by atoms with Crippen LogP contribution in [-0.2, 0) is 4.79 Å². The summed E-state index contributed by atoms with van der Waals surface area (Å²) in [5.41, 5.74) is 13.1. The van der Waals surface area contributed by atoms with Crippen molar-refractivity contribution in [3.8, 4) is 17.3 Å². The van der Waals surface area contributed by atoms with Gasteiger partial charge in [-0.1, -0.05) is 23.7 Å². The predicted octanol–water partition coefficient (Wildman–Crippen LogP) is 3.44. The Hall–Kier alpha value is -2.71. The fourth-order valence-corrected chi connectivity index (χ4v) is 4.45. The third-order valence-corrected chi connectivity index (χ3v) is 6.03. The van der Waals surface area contributed by atoms with Crippen LogP contribution in [0.1, 0.15) is 28.9 Å². The Kier molecular flexibility index (Phi) is 4.91. The Balaban J connectivity index is 1.79. The minimum absolute atomic E-state index is 0.163. The highest BCUT2D eigenvalue weighted by Gasteiger charge is 2.24. The number of fused-ring (bicyclic) bond motifs is 1. The van der Waals surface area contributed by atoms with Crippen molar-refractivity contribution >= 4 is 50.5 Å². The van der Waals surface area contributed by atoms with Crippen LogP contribution in [0.3, 0.4) is 0 Å². The van der Waals surface area contributed by atoms with Gasteiger partial charge in [0, 0.05) is 29.3 Å². The molecule has 2 aromatic heterocycles. The monoisotopic (exact) mass is 416 g/mol. The molecule has 7 nitrogen and oxygen atoms in total. The van der Waals surface area contributed by atoms with Gasteiger partial charge in [0.15, 0.2) is 0 Å². The molecular formula is C19H17ClN4O3S. The molecule has 3 aromatic rings. The van der Waals surface area contributed by atoms with Crippen molar-refractivity contribution in [2.24, 2.45) is 11.7 Å². The molecule has 1 aliphatic carbocycles. The molecule has 1 saturated carbocycles. The largest absolute Gasteiger partial charge is 0.463 e. The first-order valence-corrected chi connectivity index (χ1v) is 9.92. The zero-order valence-electron chi connectivity index (χ0n) is 14.8. The highest BCUT2D eigenvalue weighted by molar-refractivity contribution is 7.21. The van der Waals surface area contributed by atoms with Crippen LogP contribution >= 0.6 is 22.9 Å². The number of benzene rings is 1. The molecule has 1 fully saturated rings. The van der Waals surface area contributed by atoms with E-state index in [-0.39, 0.29) is 28.3 Å². The Bertz CT molecular complexity index is 1100. The second-order valence-electron chi connectivity index (χ2n) is 6.71. The van der Waals surface area contributed by atoms with E-state index >= 15 is 0 Å². The molecular weight excluding hydrogens is 400 g/mol. The number of rotatable bonds is 5. The lowest BCUT2D eigenvalue weighted by molar-refractivity contribution is -0.117. The summed E-state index contributed by atoms with van der Waals surface area (Å²) in [6.45, 7) is 0.357. The molecule has 1 aliphatic rings. The molecule has 9 heteroatoms. The maximum absolute atomic E-state index is 11.7. The normalized spacial score (nSPS) is 16.6. The highest BCUT2D eigenvalue weighted by Crippen LogP contribution is 2.39. The summed E-state index contributed by atoms with van der Waals surface area (Å²) in [6, 6.07) is 7.31. The summed E-state index contributed by atoms with van der Waals surface area (Å²) in [7, 11) is 0. The van der Waals surface area contributed by atoms with Crippen LogP contribution in [0.25, 0.3) is 21.5 Å². The standard InChI is InChI=1S/C19H17ClN4O3S/c20-11-3-1-2-10(7-11)15-13-14(21)16(17(22)26)28-18(13)24-19(23-15)27-8-9-4-5-12(25)6-9/h1-3,7,9H,4-6,8,21H2,(H2,22,26)/t9-/m1/s1. The molecule has 4 rings (SSSR count). The van der Waals surface area contributed by atoms with E-state index in [4.69, 9.17) is 27.8 Å². The molecule has 144 valence electrons. The fraction of sp³-hybridized carbons (Fsp3) is 0.263. The number of thiophene rings is 1. The van der Waals surface area contributed by atoms with Gasteiger partial charge in [-0.25, -0.2) is 0 Å². The molecule has 28 heavy (non-hydrogen) atoms. The average Bonchev–Trinajstić information content (AvgIpc) is 3.22. The van der Waals surface area contributed by atoms with E-state index in [1.165, 1.54) is 0 Å². The molecule has 0 saturated heterocycles. The third-order valence-electron chi connectivity index (χ3n) is 4.69. The number of hydrogen-bond donors (Lipinski definition) is 2. The quantitative estimate of drug-likeness (QED) is 0.657. The van der Waals surface area contributed by atoms with Crippen LogP contribution in [-0.4, -0.2) is 28.3 Å². The molecule has 0 unspecified atom stereocenters. The van der Waals surface area contributed by atoms with Crippen molar-refractivity contribution in [3.05, 3.63) is 34.2 Å². The van der Waals surface area contributed by atoms with Gasteiger partial charge in [-0.05, 0) is 18.6 Å². The number of nitrogens with zero attached hydrogens (tertiary/aromatic N) is 2. The molecule has 0 aliphatic heterocycles. The number of ketones is 1. The lowest BCUT2D eigenvalue weighted by Gasteiger charge is -2.11. The number of Topliss-reactive ketones (excluding diaryl/α,β-unsaturated/α-hetero) is 1. The van der Waals surface area contributed by atoms with E-state index in [0.717, 1.165) is 23.3 Å². The number of halogens is 1. The van der Waals surface area contributed by atoms with Gasteiger partial charge in [0.05, 0.1) is 23.4 Å². The summed E-state index contributed by atoms with van der Waals surface area (Å²) < 4.78 is 5.79. The maximum Gasteiger partial charge on any atom is 0.318 e. The van der Waals surface area contributed by atoms with Gasteiger partial charge < -0.3 is 16.2 Å². The van der Waals surface area contributed by atoms with Gasteiger partial charge in [0.1, 0.15) is 15.5 Å². The lowest BCUT2D eigenvalue weighted by atomic mass is 10.1. The van der Waals surface area contributed by atoms with E-state index in [1.807, 2.05) is 6.07 Å². The van der Waals surface area contributed by atoms with Crippen LogP contribution in [0.2, 0.25) is 5.02 Å². The summed E-state index contributed by atoms with van der Waals surface area (Å²) in [6.07, 6.45) is 1.91. The van der Waals surface area contributed by atoms with Gasteiger partial charge in [-0.15, -0.1) is 11.3 Å². The van der Waals surface area contributed by atoms with E-state index < -0.39 is 5.91 Å². The summed E-state index contributed by atoms with van der Waals surface area (Å²) in [5.74, 6) is -0.206. The number of carbonyl (C=O) groups is 2. The van der Waals surface area contributed by atoms with Crippen molar-refractivity contribution in [1.29, 1.82) is 0 Å². The molecule has 0 bridgehead atoms. The number of primary amides is 1. The predicted molar refractivity (Wildman–Crippen MR) is 109 cm³/mol. The Morgan fingerprint density at radius 3 is 2.86 bits per heavy atom. The number of nitrogen functional groups attached to an aromatic ring is 1. The number of nitrogens with two attached hydrogens (primary N) is 2. The number of carbonyl (C=O) groups excluding carboxylic acids is 2. The van der Waals surface area contributed by atoms with Gasteiger partial charge in [0.2, 0.25) is 0 Å². The Morgan fingerprint density at radius 2 is 2.18 bits per heavy atom. The average molecular weight is 417 g/mol. The second kappa shape index (κ2) is 7.37. The van der Waals surface area contributed by atoms with Gasteiger partial charge in [-0.2, -0.15) is 9.97 Å². The highest BCUT2D eigenvalue weighted by atomic mass is 35.5. The van der Waals surface area contributed by atoms with Crippen LogP contribution < -0.4 is 16.2 Å². The first kappa shape index (κ1) is 18.6. The Labute approximate surface area is 169 Å². The smallest absolute Gasteiger partial charge is 0.318 e. The van der Waals surface area contributed by atoms with Crippen LogP contribution in [0.5, 0.6) is 6.01 Å². The number of amides is 1. The number of anilines is 1. The molecule has 0 radical (unpaired) electrons. The van der Waals surface area contributed by atoms with Gasteiger partial charge >= 0.3 is 6.01 Å². The molecule has 1 atom stereocenters. The van der Waals surface area contributed by atoms with Crippen molar-refractivity contribution in [1.82, 2.24) is 9.97 Å². The van der Waals surface area contributed by atoms with Crippen molar-refractivity contribution < 1.29 is 14.3 Å².